The van der Waals surface area contributed by atoms with Crippen molar-refractivity contribution in [2.75, 3.05) is 4.90 Å². The molecule has 2 aromatic rings. The Bertz CT molecular complexity index is 643. The van der Waals surface area contributed by atoms with Gasteiger partial charge in [0, 0.05) is 12.4 Å². The molecule has 5 heteroatoms. The zero-order valence-electron chi connectivity index (χ0n) is 11.6. The minimum absolute atomic E-state index is 0.332. The molecule has 1 atom stereocenters. The van der Waals surface area contributed by atoms with Crippen molar-refractivity contribution in [1.82, 2.24) is 9.97 Å². The van der Waals surface area contributed by atoms with Crippen LogP contribution in [-0.2, 0) is 15.1 Å². The normalized spacial score (nSPS) is 13.0. The van der Waals surface area contributed by atoms with Crippen LogP contribution in [0.4, 0.5) is 5.82 Å². The van der Waals surface area contributed by atoms with Crippen LogP contribution in [0.1, 0.15) is 12.6 Å². The van der Waals surface area contributed by atoms with E-state index in [1.165, 1.54) is 4.90 Å². The summed E-state index contributed by atoms with van der Waals surface area (Å²) >= 11 is 0. The van der Waals surface area contributed by atoms with Crippen molar-refractivity contribution in [2.24, 2.45) is 0 Å². The summed E-state index contributed by atoms with van der Waals surface area (Å²) in [7, 11) is 0. The average Bonchev–Trinajstić information content (AvgIpc) is 2.56. The van der Waals surface area contributed by atoms with Gasteiger partial charge in [0.15, 0.2) is 5.54 Å². The molecule has 0 aliphatic carbocycles. The summed E-state index contributed by atoms with van der Waals surface area (Å²) in [6.07, 6.45) is 6.14. The number of rotatable bonds is 5. The maximum absolute atomic E-state index is 12.3. The van der Waals surface area contributed by atoms with Crippen LogP contribution in [0, 0.1) is 0 Å². The van der Waals surface area contributed by atoms with E-state index in [-0.39, 0.29) is 0 Å². The first-order valence-corrected chi connectivity index (χ1v) is 6.32. The second kappa shape index (κ2) is 6.09. The minimum atomic E-state index is -1.39. The van der Waals surface area contributed by atoms with Gasteiger partial charge in [0.1, 0.15) is 5.82 Å². The number of aromatic nitrogens is 2. The molecule has 2 heterocycles. The molecule has 0 aliphatic rings. The second-order valence-corrected chi connectivity index (χ2v) is 4.45. The number of hydrogen-bond acceptors (Lipinski definition) is 4. The Morgan fingerprint density at radius 3 is 2.38 bits per heavy atom. The van der Waals surface area contributed by atoms with Crippen molar-refractivity contribution in [2.45, 2.75) is 12.5 Å². The van der Waals surface area contributed by atoms with Gasteiger partial charge in [0.2, 0.25) is 6.29 Å². The number of amides is 1. The molecule has 0 saturated carbocycles. The van der Waals surface area contributed by atoms with E-state index in [0.717, 1.165) is 6.08 Å². The summed E-state index contributed by atoms with van der Waals surface area (Å²) in [6.45, 7) is 5.05. The van der Waals surface area contributed by atoms with Crippen molar-refractivity contribution in [3.63, 3.8) is 0 Å². The molecule has 1 unspecified atom stereocenters. The van der Waals surface area contributed by atoms with E-state index in [1.54, 1.807) is 55.7 Å². The predicted octanol–water partition coefficient (Wildman–Crippen LogP) is 2.02. The van der Waals surface area contributed by atoms with Crippen LogP contribution in [0.3, 0.4) is 0 Å². The van der Waals surface area contributed by atoms with Crippen LogP contribution >= 0.6 is 0 Å². The van der Waals surface area contributed by atoms with E-state index >= 15 is 0 Å². The second-order valence-electron chi connectivity index (χ2n) is 4.45. The summed E-state index contributed by atoms with van der Waals surface area (Å²) in [4.78, 5) is 33.4. The molecule has 1 radical (unpaired) electrons. The highest BCUT2D eigenvalue weighted by Gasteiger charge is 2.40. The lowest BCUT2D eigenvalue weighted by molar-refractivity contribution is -0.115. The summed E-state index contributed by atoms with van der Waals surface area (Å²) < 4.78 is 0. The monoisotopic (exact) mass is 280 g/mol. The number of hydrogen-bond donors (Lipinski definition) is 0. The van der Waals surface area contributed by atoms with E-state index < -0.39 is 11.4 Å². The first-order chi connectivity index (χ1) is 10.1. The highest BCUT2D eigenvalue weighted by Crippen LogP contribution is 2.29. The highest BCUT2D eigenvalue weighted by molar-refractivity contribution is 6.04. The van der Waals surface area contributed by atoms with Gasteiger partial charge in [-0.25, -0.2) is 4.98 Å². The molecule has 0 spiro atoms. The van der Waals surface area contributed by atoms with Gasteiger partial charge in [-0.3, -0.25) is 19.5 Å². The third-order valence-corrected chi connectivity index (χ3v) is 3.08. The van der Waals surface area contributed by atoms with Gasteiger partial charge < -0.3 is 0 Å². The fourth-order valence-electron chi connectivity index (χ4n) is 2.00. The maximum atomic E-state index is 12.3. The van der Waals surface area contributed by atoms with Gasteiger partial charge in [-0.1, -0.05) is 18.7 Å². The number of anilines is 1. The molecule has 105 valence electrons. The molecule has 0 bridgehead atoms. The molecule has 0 aliphatic heterocycles. The largest absolute Gasteiger partial charge is 0.288 e. The van der Waals surface area contributed by atoms with Crippen molar-refractivity contribution in [1.29, 1.82) is 0 Å². The van der Waals surface area contributed by atoms with Crippen molar-refractivity contribution < 1.29 is 9.59 Å². The molecule has 1 amide bonds. The van der Waals surface area contributed by atoms with Gasteiger partial charge in [-0.15, -0.1) is 0 Å². The van der Waals surface area contributed by atoms with Crippen LogP contribution in [0.2, 0.25) is 0 Å². The zero-order chi connectivity index (χ0) is 15.3. The quantitative estimate of drug-likeness (QED) is 0.786. The zero-order valence-corrected chi connectivity index (χ0v) is 11.6. The maximum Gasteiger partial charge on any atom is 0.252 e. The lowest BCUT2D eigenvalue weighted by Gasteiger charge is -2.34. The molecule has 21 heavy (non-hydrogen) atoms. The minimum Gasteiger partial charge on any atom is -0.288 e. The van der Waals surface area contributed by atoms with Crippen LogP contribution in [0.5, 0.6) is 0 Å². The molecular formula is C16H14N3O2. The topological polar surface area (TPSA) is 63.2 Å². The van der Waals surface area contributed by atoms with E-state index in [1.807, 2.05) is 6.29 Å². The Morgan fingerprint density at radius 2 is 1.90 bits per heavy atom. The molecule has 0 aromatic carbocycles. The van der Waals surface area contributed by atoms with Crippen LogP contribution in [-0.4, -0.2) is 22.2 Å². The summed E-state index contributed by atoms with van der Waals surface area (Å²) in [5, 5.41) is 0. The standard InChI is InChI=1S/C16H14N3O2/c1-3-15(21)19(14-9-5-7-11-18-14)16(2,12-20)13-8-4-6-10-17-13/h3-11H,1H2,2H3. The van der Waals surface area contributed by atoms with Gasteiger partial charge in [0.25, 0.3) is 5.91 Å². The van der Waals surface area contributed by atoms with E-state index in [2.05, 4.69) is 16.5 Å². The Hall–Kier alpha value is -2.82. The molecule has 2 aromatic heterocycles. The lowest BCUT2D eigenvalue weighted by Crippen LogP contribution is -2.49. The number of carbonyl (C=O) groups is 1. The van der Waals surface area contributed by atoms with Crippen molar-refractivity contribution >= 4 is 18.0 Å². The number of carbonyl (C=O) groups excluding carboxylic acids is 2. The first-order valence-electron chi connectivity index (χ1n) is 6.32. The molecule has 0 N–H and O–H groups in total. The van der Waals surface area contributed by atoms with Crippen LogP contribution in [0.25, 0.3) is 0 Å². The summed E-state index contributed by atoms with van der Waals surface area (Å²) in [5.74, 6) is -0.121. The van der Waals surface area contributed by atoms with Gasteiger partial charge >= 0.3 is 0 Å². The van der Waals surface area contributed by atoms with Gasteiger partial charge in [-0.05, 0) is 37.3 Å². The SMILES string of the molecule is C=CC(=O)N(c1ccccn1)C(C)([C]=O)c1ccccn1. The number of nitrogens with zero attached hydrogens (tertiary/aromatic N) is 3. The molecule has 5 nitrogen and oxygen atoms in total. The van der Waals surface area contributed by atoms with Crippen molar-refractivity contribution in [3.05, 3.63) is 67.1 Å². The fraction of sp³-hybridized carbons (Fsp3) is 0.125. The lowest BCUT2D eigenvalue weighted by atomic mass is 9.96. The Labute approximate surface area is 123 Å². The first kappa shape index (κ1) is 14.6. The molecule has 0 fully saturated rings. The Balaban J connectivity index is 2.61. The smallest absolute Gasteiger partial charge is 0.252 e. The summed E-state index contributed by atoms with van der Waals surface area (Å²) in [5.41, 5.74) is -0.984. The van der Waals surface area contributed by atoms with E-state index in [0.29, 0.717) is 11.5 Å². The van der Waals surface area contributed by atoms with Gasteiger partial charge in [-0.2, -0.15) is 0 Å². The number of pyridine rings is 2. The molecule has 0 saturated heterocycles. The average molecular weight is 280 g/mol. The fourth-order valence-corrected chi connectivity index (χ4v) is 2.00. The van der Waals surface area contributed by atoms with Crippen LogP contribution in [0.15, 0.2) is 61.4 Å². The third kappa shape index (κ3) is 2.72. The Kier molecular flexibility index (Phi) is 4.23. The van der Waals surface area contributed by atoms with E-state index in [4.69, 9.17) is 0 Å². The van der Waals surface area contributed by atoms with Gasteiger partial charge in [0.05, 0.1) is 5.69 Å². The van der Waals surface area contributed by atoms with Crippen LogP contribution < -0.4 is 4.90 Å². The highest BCUT2D eigenvalue weighted by atomic mass is 16.2. The third-order valence-electron chi connectivity index (χ3n) is 3.08. The van der Waals surface area contributed by atoms with Crippen molar-refractivity contribution in [3.8, 4) is 0 Å². The van der Waals surface area contributed by atoms with E-state index in [9.17, 15) is 9.59 Å². The molecular weight excluding hydrogens is 266 g/mol. The molecule has 2 rings (SSSR count). The summed E-state index contributed by atoms with van der Waals surface area (Å²) in [6, 6.07) is 10.2. The predicted molar refractivity (Wildman–Crippen MR) is 79.2 cm³/mol. The Morgan fingerprint density at radius 1 is 1.24 bits per heavy atom.